The third-order valence-corrected chi connectivity index (χ3v) is 5.14. The van der Waals surface area contributed by atoms with Gasteiger partial charge in [-0.05, 0) is 47.9 Å². The molecule has 0 amide bonds. The first-order valence-corrected chi connectivity index (χ1v) is 10.3. The van der Waals surface area contributed by atoms with E-state index >= 15 is 0 Å². The van der Waals surface area contributed by atoms with E-state index in [2.05, 4.69) is 20.6 Å². The molecule has 1 aromatic heterocycles. The Morgan fingerprint density at radius 2 is 2.16 bits per heavy atom. The van der Waals surface area contributed by atoms with Crippen LogP contribution in [-0.4, -0.2) is 40.3 Å². The van der Waals surface area contributed by atoms with E-state index in [9.17, 15) is 9.18 Å². The first-order chi connectivity index (χ1) is 15.5. The highest BCUT2D eigenvalue weighted by Gasteiger charge is 2.19. The van der Waals surface area contributed by atoms with Gasteiger partial charge < -0.3 is 20.5 Å². The van der Waals surface area contributed by atoms with Gasteiger partial charge >= 0.3 is 5.97 Å². The Hall–Kier alpha value is -3.49. The molecule has 0 bridgehead atoms. The molecule has 0 saturated carbocycles. The van der Waals surface area contributed by atoms with Gasteiger partial charge in [-0.25, -0.2) is 14.2 Å². The molecule has 164 valence electrons. The molecule has 3 N–H and O–H groups in total. The highest BCUT2D eigenvalue weighted by molar-refractivity contribution is 6.31. The van der Waals surface area contributed by atoms with Gasteiger partial charge in [-0.2, -0.15) is 4.98 Å². The Kier molecular flexibility index (Phi) is 6.63. The Balaban J connectivity index is 1.67. The van der Waals surface area contributed by atoms with E-state index in [1.165, 1.54) is 18.2 Å². The topological polar surface area (TPSA) is 96.4 Å². The van der Waals surface area contributed by atoms with E-state index in [0.717, 1.165) is 29.2 Å². The number of aliphatic carboxylic acids is 1. The van der Waals surface area contributed by atoms with Crippen molar-refractivity contribution in [2.24, 2.45) is 0 Å². The molecule has 7 nitrogen and oxygen atoms in total. The predicted octanol–water partition coefficient (Wildman–Crippen LogP) is 4.98. The summed E-state index contributed by atoms with van der Waals surface area (Å²) in [5.41, 5.74) is 2.88. The molecule has 0 radical (unpaired) electrons. The SMILES string of the molecule is O=C(O)C=Cc1cccc(-c2cnc(Nc3ccc(F)c(Cl)c3)nc2N[C@@H]2CCOC2)c1. The summed E-state index contributed by atoms with van der Waals surface area (Å²) in [4.78, 5) is 19.9. The number of carboxylic acid groups (broad SMARTS) is 1. The summed E-state index contributed by atoms with van der Waals surface area (Å²) >= 11 is 5.87. The third-order valence-electron chi connectivity index (χ3n) is 4.85. The molecule has 3 aromatic rings. The van der Waals surface area contributed by atoms with E-state index < -0.39 is 11.8 Å². The molecule has 1 aliphatic heterocycles. The molecule has 1 atom stereocenters. The third kappa shape index (κ3) is 5.40. The summed E-state index contributed by atoms with van der Waals surface area (Å²) in [5, 5.41) is 15.3. The lowest BCUT2D eigenvalue weighted by Crippen LogP contribution is -2.20. The largest absolute Gasteiger partial charge is 0.478 e. The standard InChI is InChI=1S/C23H20ClFN4O3/c24-19-11-16(5-6-20(19)25)28-23-26-12-18(22(29-23)27-17-8-9-32-13-17)15-3-1-2-14(10-15)4-7-21(30)31/h1-7,10-12,17H,8-9,13H2,(H,30,31)(H2,26,27,28,29)/t17-/m1/s1. The smallest absolute Gasteiger partial charge is 0.328 e. The molecule has 2 aromatic carbocycles. The first kappa shape index (κ1) is 21.7. The fraction of sp³-hybridized carbons (Fsp3) is 0.174. The van der Waals surface area contributed by atoms with Crippen LogP contribution in [0.3, 0.4) is 0 Å². The van der Waals surface area contributed by atoms with Gasteiger partial charge in [-0.3, -0.25) is 0 Å². The zero-order chi connectivity index (χ0) is 22.5. The number of rotatable bonds is 7. The highest BCUT2D eigenvalue weighted by Crippen LogP contribution is 2.30. The van der Waals surface area contributed by atoms with E-state index in [0.29, 0.717) is 30.7 Å². The van der Waals surface area contributed by atoms with Crippen molar-refractivity contribution in [2.75, 3.05) is 23.8 Å². The normalized spacial score (nSPS) is 15.8. The number of carboxylic acids is 1. The first-order valence-electron chi connectivity index (χ1n) is 9.93. The summed E-state index contributed by atoms with van der Waals surface area (Å²) in [5.74, 6) is -0.599. The van der Waals surface area contributed by atoms with E-state index in [1.54, 1.807) is 12.3 Å². The average Bonchev–Trinajstić information content (AvgIpc) is 3.28. The molecule has 0 aliphatic carbocycles. The van der Waals surface area contributed by atoms with Crippen LogP contribution in [0.25, 0.3) is 17.2 Å². The molecule has 9 heteroatoms. The second-order valence-corrected chi connectivity index (χ2v) is 7.62. The fourth-order valence-electron chi connectivity index (χ4n) is 3.29. The minimum absolute atomic E-state index is 0.000645. The van der Waals surface area contributed by atoms with Gasteiger partial charge in [0.1, 0.15) is 11.6 Å². The Bertz CT molecular complexity index is 1170. The molecule has 0 spiro atoms. The summed E-state index contributed by atoms with van der Waals surface area (Å²) < 4.78 is 18.9. The predicted molar refractivity (Wildman–Crippen MR) is 122 cm³/mol. The maximum Gasteiger partial charge on any atom is 0.328 e. The number of nitrogens with one attached hydrogen (secondary N) is 2. The number of hydrogen-bond donors (Lipinski definition) is 3. The Morgan fingerprint density at radius 3 is 2.91 bits per heavy atom. The second kappa shape index (κ2) is 9.76. The van der Waals surface area contributed by atoms with Crippen LogP contribution in [0.15, 0.2) is 54.7 Å². The molecular weight excluding hydrogens is 435 g/mol. The quantitative estimate of drug-likeness (QED) is 0.433. The molecule has 2 heterocycles. The summed E-state index contributed by atoms with van der Waals surface area (Å²) in [7, 11) is 0. The van der Waals surface area contributed by atoms with Crippen LogP contribution in [-0.2, 0) is 9.53 Å². The average molecular weight is 455 g/mol. The molecule has 1 fully saturated rings. The monoisotopic (exact) mass is 454 g/mol. The van der Waals surface area contributed by atoms with Crippen molar-refractivity contribution in [2.45, 2.75) is 12.5 Å². The molecule has 32 heavy (non-hydrogen) atoms. The van der Waals surface area contributed by atoms with Crippen LogP contribution in [0.2, 0.25) is 5.02 Å². The van der Waals surface area contributed by atoms with Crippen LogP contribution >= 0.6 is 11.6 Å². The molecule has 0 unspecified atom stereocenters. The number of hydrogen-bond acceptors (Lipinski definition) is 6. The van der Waals surface area contributed by atoms with Crippen molar-refractivity contribution in [1.82, 2.24) is 9.97 Å². The van der Waals surface area contributed by atoms with Crippen LogP contribution in [0, 0.1) is 5.82 Å². The van der Waals surface area contributed by atoms with Gasteiger partial charge in [0, 0.05) is 30.1 Å². The van der Waals surface area contributed by atoms with Gasteiger partial charge in [0.15, 0.2) is 0 Å². The number of benzene rings is 2. The minimum Gasteiger partial charge on any atom is -0.478 e. The van der Waals surface area contributed by atoms with Crippen LogP contribution < -0.4 is 10.6 Å². The zero-order valence-corrected chi connectivity index (χ0v) is 17.6. The molecule has 1 saturated heterocycles. The van der Waals surface area contributed by atoms with Crippen LogP contribution in [0.5, 0.6) is 0 Å². The molecular formula is C23H20ClFN4O3. The fourth-order valence-corrected chi connectivity index (χ4v) is 3.47. The Morgan fingerprint density at radius 1 is 1.28 bits per heavy atom. The lowest BCUT2D eigenvalue weighted by molar-refractivity contribution is -0.131. The Labute approximate surface area is 188 Å². The molecule has 4 rings (SSSR count). The minimum atomic E-state index is -1.02. The number of carbonyl (C=O) groups is 1. The van der Waals surface area contributed by atoms with Crippen molar-refractivity contribution < 1.29 is 19.0 Å². The van der Waals surface area contributed by atoms with Gasteiger partial charge in [0.25, 0.3) is 0 Å². The van der Waals surface area contributed by atoms with Crippen molar-refractivity contribution in [3.8, 4) is 11.1 Å². The van der Waals surface area contributed by atoms with Crippen molar-refractivity contribution in [3.63, 3.8) is 0 Å². The molecule has 1 aliphatic rings. The number of nitrogens with zero attached hydrogens (tertiary/aromatic N) is 2. The van der Waals surface area contributed by atoms with Gasteiger partial charge in [0.2, 0.25) is 5.95 Å². The maximum absolute atomic E-state index is 13.5. The number of ether oxygens (including phenoxy) is 1. The van der Waals surface area contributed by atoms with Crippen molar-refractivity contribution in [3.05, 3.63) is 71.1 Å². The summed E-state index contributed by atoms with van der Waals surface area (Å²) in [6, 6.07) is 11.8. The summed E-state index contributed by atoms with van der Waals surface area (Å²) in [6.07, 6.45) is 5.14. The van der Waals surface area contributed by atoms with Gasteiger partial charge in [-0.15, -0.1) is 0 Å². The van der Waals surface area contributed by atoms with Crippen molar-refractivity contribution >= 4 is 41.1 Å². The zero-order valence-electron chi connectivity index (χ0n) is 16.9. The van der Waals surface area contributed by atoms with Crippen molar-refractivity contribution in [1.29, 1.82) is 0 Å². The van der Waals surface area contributed by atoms with E-state index in [-0.39, 0.29) is 11.1 Å². The van der Waals surface area contributed by atoms with Gasteiger partial charge in [-0.1, -0.05) is 29.8 Å². The lowest BCUT2D eigenvalue weighted by atomic mass is 10.0. The van der Waals surface area contributed by atoms with Gasteiger partial charge in [0.05, 0.1) is 17.7 Å². The van der Waals surface area contributed by atoms with E-state index in [4.69, 9.17) is 21.4 Å². The number of aromatic nitrogens is 2. The summed E-state index contributed by atoms with van der Waals surface area (Å²) in [6.45, 7) is 1.24. The maximum atomic E-state index is 13.5. The van der Waals surface area contributed by atoms with E-state index in [1.807, 2.05) is 24.3 Å². The number of halogens is 2. The second-order valence-electron chi connectivity index (χ2n) is 7.21. The lowest BCUT2D eigenvalue weighted by Gasteiger charge is -2.17. The van der Waals surface area contributed by atoms with Crippen LogP contribution in [0.1, 0.15) is 12.0 Å². The number of anilines is 3. The van der Waals surface area contributed by atoms with Crippen LogP contribution in [0.4, 0.5) is 21.8 Å². The highest BCUT2D eigenvalue weighted by atomic mass is 35.5.